The number of halogens is 1. The SMILES string of the molecule is Cn1cnc(C(=O)N(Cc2ccc(F)c(-c3cccc(CCN4CCC4)c3)c2)C2CCC(=O)CC2)c1. The molecule has 0 atom stereocenters. The number of likely N-dealkylation sites (tertiary alicyclic amines) is 1. The number of aromatic nitrogens is 2. The van der Waals surface area contributed by atoms with Gasteiger partial charge in [0.25, 0.3) is 5.91 Å². The zero-order valence-corrected chi connectivity index (χ0v) is 20.8. The normalized spacial score (nSPS) is 16.7. The second kappa shape index (κ2) is 10.7. The van der Waals surface area contributed by atoms with Crippen molar-refractivity contribution >= 4 is 11.7 Å². The Morgan fingerprint density at radius 2 is 1.92 bits per heavy atom. The van der Waals surface area contributed by atoms with Gasteiger partial charge in [-0.1, -0.05) is 30.3 Å². The number of carbonyl (C=O) groups excluding carboxylic acids is 2. The monoisotopic (exact) mass is 488 g/mol. The highest BCUT2D eigenvalue weighted by atomic mass is 19.1. The molecule has 36 heavy (non-hydrogen) atoms. The number of benzene rings is 2. The van der Waals surface area contributed by atoms with E-state index in [9.17, 15) is 14.0 Å². The molecule has 188 valence electrons. The van der Waals surface area contributed by atoms with Crippen LogP contribution < -0.4 is 0 Å². The van der Waals surface area contributed by atoms with E-state index in [1.165, 1.54) is 31.1 Å². The van der Waals surface area contributed by atoms with Crippen molar-refractivity contribution < 1.29 is 14.0 Å². The minimum atomic E-state index is -0.274. The summed E-state index contributed by atoms with van der Waals surface area (Å²) < 4.78 is 16.7. The molecule has 1 saturated heterocycles. The lowest BCUT2D eigenvalue weighted by atomic mass is 9.92. The van der Waals surface area contributed by atoms with Crippen molar-refractivity contribution in [3.05, 3.63) is 77.6 Å². The van der Waals surface area contributed by atoms with E-state index in [-0.39, 0.29) is 23.5 Å². The van der Waals surface area contributed by atoms with Gasteiger partial charge in [-0.2, -0.15) is 0 Å². The Kier molecular flexibility index (Phi) is 7.28. The highest BCUT2D eigenvalue weighted by Crippen LogP contribution is 2.28. The smallest absolute Gasteiger partial charge is 0.274 e. The molecule has 0 unspecified atom stereocenters. The Hall–Kier alpha value is -3.32. The Balaban J connectivity index is 1.39. The second-order valence-electron chi connectivity index (χ2n) is 10.1. The molecule has 1 aromatic heterocycles. The van der Waals surface area contributed by atoms with Gasteiger partial charge in [0.05, 0.1) is 6.33 Å². The fourth-order valence-electron chi connectivity index (χ4n) is 5.15. The first kappa shape index (κ1) is 24.4. The van der Waals surface area contributed by atoms with Crippen LogP contribution in [-0.4, -0.2) is 56.7 Å². The van der Waals surface area contributed by atoms with Gasteiger partial charge in [0.15, 0.2) is 0 Å². The molecule has 2 aromatic carbocycles. The number of nitrogens with zero attached hydrogens (tertiary/aromatic N) is 4. The standard InChI is InChI=1S/C29H33FN4O2/c1-32-19-28(31-20-32)29(36)34(24-7-9-25(35)10-8-24)18-22-6-11-27(30)26(17-22)23-5-2-4-21(16-23)12-15-33-13-3-14-33/h2,4-6,11,16-17,19-20,24H,3,7-10,12-15,18H2,1H3. The molecule has 2 heterocycles. The second-order valence-corrected chi connectivity index (χ2v) is 10.1. The lowest BCUT2D eigenvalue weighted by Gasteiger charge is -2.34. The van der Waals surface area contributed by atoms with Gasteiger partial charge < -0.3 is 14.4 Å². The minimum Gasteiger partial charge on any atom is -0.340 e. The summed E-state index contributed by atoms with van der Waals surface area (Å²) in [6.45, 7) is 3.70. The third-order valence-electron chi connectivity index (χ3n) is 7.43. The van der Waals surface area contributed by atoms with E-state index in [0.717, 1.165) is 24.1 Å². The number of Topliss-reactive ketones (excluding diaryl/α,β-unsaturated/α-hetero) is 1. The summed E-state index contributed by atoms with van der Waals surface area (Å²) in [6, 6.07) is 13.2. The quantitative estimate of drug-likeness (QED) is 0.464. The van der Waals surface area contributed by atoms with E-state index in [2.05, 4.69) is 22.0 Å². The third kappa shape index (κ3) is 5.57. The predicted molar refractivity (Wildman–Crippen MR) is 137 cm³/mol. The highest BCUT2D eigenvalue weighted by Gasteiger charge is 2.30. The topological polar surface area (TPSA) is 58.4 Å². The van der Waals surface area contributed by atoms with Gasteiger partial charge in [0.2, 0.25) is 0 Å². The molecule has 2 aliphatic rings. The molecule has 5 rings (SSSR count). The van der Waals surface area contributed by atoms with Crippen LogP contribution in [-0.2, 0) is 24.8 Å². The number of hydrogen-bond donors (Lipinski definition) is 0. The zero-order chi connectivity index (χ0) is 25.1. The number of hydrogen-bond acceptors (Lipinski definition) is 4. The minimum absolute atomic E-state index is 0.0458. The average molecular weight is 489 g/mol. The Bertz CT molecular complexity index is 1240. The number of imidazole rings is 1. The van der Waals surface area contributed by atoms with Crippen molar-refractivity contribution in [3.8, 4) is 11.1 Å². The summed E-state index contributed by atoms with van der Waals surface area (Å²) in [5.41, 5.74) is 3.83. The number of rotatable bonds is 8. The van der Waals surface area contributed by atoms with Crippen LogP contribution in [0.25, 0.3) is 11.1 Å². The molecule has 1 amide bonds. The van der Waals surface area contributed by atoms with Crippen molar-refractivity contribution in [2.24, 2.45) is 7.05 Å². The van der Waals surface area contributed by atoms with Crippen LogP contribution in [0.3, 0.4) is 0 Å². The van der Waals surface area contributed by atoms with E-state index in [0.29, 0.717) is 43.5 Å². The van der Waals surface area contributed by atoms with E-state index in [1.807, 2.05) is 30.1 Å². The molecule has 2 fully saturated rings. The lowest BCUT2D eigenvalue weighted by molar-refractivity contribution is -0.121. The number of carbonyl (C=O) groups is 2. The Morgan fingerprint density at radius 1 is 1.11 bits per heavy atom. The zero-order valence-electron chi connectivity index (χ0n) is 20.8. The largest absolute Gasteiger partial charge is 0.340 e. The van der Waals surface area contributed by atoms with Crippen LogP contribution in [0.1, 0.15) is 53.7 Å². The van der Waals surface area contributed by atoms with E-state index in [1.54, 1.807) is 23.2 Å². The van der Waals surface area contributed by atoms with E-state index in [4.69, 9.17) is 0 Å². The van der Waals surface area contributed by atoms with Crippen molar-refractivity contribution in [3.63, 3.8) is 0 Å². The summed E-state index contributed by atoms with van der Waals surface area (Å²) in [5.74, 6) is -0.187. The molecule has 0 bridgehead atoms. The summed E-state index contributed by atoms with van der Waals surface area (Å²) >= 11 is 0. The van der Waals surface area contributed by atoms with Crippen molar-refractivity contribution in [2.75, 3.05) is 19.6 Å². The highest BCUT2D eigenvalue weighted by molar-refractivity contribution is 5.92. The van der Waals surface area contributed by atoms with Crippen LogP contribution in [0.15, 0.2) is 55.0 Å². The molecule has 1 saturated carbocycles. The van der Waals surface area contributed by atoms with Crippen molar-refractivity contribution in [2.45, 2.75) is 51.1 Å². The molecule has 1 aliphatic carbocycles. The molecule has 1 aliphatic heterocycles. The summed E-state index contributed by atoms with van der Waals surface area (Å²) in [6.07, 6.45) is 7.79. The van der Waals surface area contributed by atoms with Gasteiger partial charge in [-0.25, -0.2) is 9.37 Å². The fourth-order valence-corrected chi connectivity index (χ4v) is 5.15. The van der Waals surface area contributed by atoms with E-state index < -0.39 is 0 Å². The molecular formula is C29H33FN4O2. The summed E-state index contributed by atoms with van der Waals surface area (Å²) in [4.78, 5) is 33.8. The van der Waals surface area contributed by atoms with Crippen LogP contribution in [0.2, 0.25) is 0 Å². The molecule has 6 nitrogen and oxygen atoms in total. The Labute approximate surface area is 211 Å². The van der Waals surface area contributed by atoms with Crippen molar-refractivity contribution in [1.82, 2.24) is 19.4 Å². The predicted octanol–water partition coefficient (Wildman–Crippen LogP) is 4.63. The van der Waals surface area contributed by atoms with Gasteiger partial charge in [0, 0.05) is 50.8 Å². The number of ketones is 1. The number of aryl methyl sites for hydroxylation is 1. The third-order valence-corrected chi connectivity index (χ3v) is 7.43. The molecule has 0 N–H and O–H groups in total. The van der Waals surface area contributed by atoms with Gasteiger partial charge in [-0.05, 0) is 67.6 Å². The summed E-state index contributed by atoms with van der Waals surface area (Å²) in [5, 5.41) is 0. The van der Waals surface area contributed by atoms with Gasteiger partial charge >= 0.3 is 0 Å². The molecule has 7 heteroatoms. The summed E-state index contributed by atoms with van der Waals surface area (Å²) in [7, 11) is 1.83. The molecule has 0 radical (unpaired) electrons. The Morgan fingerprint density at radius 3 is 2.61 bits per heavy atom. The van der Waals surface area contributed by atoms with Crippen LogP contribution in [0.4, 0.5) is 4.39 Å². The molecule has 0 spiro atoms. The van der Waals surface area contributed by atoms with Crippen molar-refractivity contribution in [1.29, 1.82) is 0 Å². The van der Waals surface area contributed by atoms with Gasteiger partial charge in [-0.15, -0.1) is 0 Å². The van der Waals surface area contributed by atoms with Crippen LogP contribution in [0.5, 0.6) is 0 Å². The maximum atomic E-state index is 15.0. The first-order valence-corrected chi connectivity index (χ1v) is 12.9. The first-order valence-electron chi connectivity index (χ1n) is 12.9. The van der Waals surface area contributed by atoms with Gasteiger partial charge in [-0.3, -0.25) is 9.59 Å². The fraction of sp³-hybridized carbons (Fsp3) is 0.414. The first-order chi connectivity index (χ1) is 17.5. The van der Waals surface area contributed by atoms with Crippen LogP contribution in [0, 0.1) is 5.82 Å². The molecule has 3 aromatic rings. The van der Waals surface area contributed by atoms with Crippen LogP contribution >= 0.6 is 0 Å². The number of amides is 1. The lowest BCUT2D eigenvalue weighted by Crippen LogP contribution is -2.42. The van der Waals surface area contributed by atoms with Gasteiger partial charge in [0.1, 0.15) is 17.3 Å². The average Bonchev–Trinajstić information content (AvgIpc) is 3.29. The maximum Gasteiger partial charge on any atom is 0.274 e. The maximum absolute atomic E-state index is 15.0. The van der Waals surface area contributed by atoms with E-state index >= 15 is 0 Å². The molecular weight excluding hydrogens is 455 g/mol.